The predicted octanol–water partition coefficient (Wildman–Crippen LogP) is 1.92. The Hall–Kier alpha value is -2.96. The van der Waals surface area contributed by atoms with Gasteiger partial charge >= 0.3 is 11.9 Å². The van der Waals surface area contributed by atoms with E-state index in [0.717, 1.165) is 22.3 Å². The van der Waals surface area contributed by atoms with Crippen LogP contribution >= 0.6 is 0 Å². The van der Waals surface area contributed by atoms with Crippen LogP contribution in [0.5, 0.6) is 0 Å². The molecule has 0 spiro atoms. The molecule has 22 heavy (non-hydrogen) atoms. The zero-order chi connectivity index (χ0) is 16.7. The number of pyridine rings is 1. The second-order valence-electron chi connectivity index (χ2n) is 4.62. The Morgan fingerprint density at radius 3 is 2.32 bits per heavy atom. The molecule has 2 rings (SSSR count). The molecular formula is C15H17N3O4. The van der Waals surface area contributed by atoms with Crippen molar-refractivity contribution < 1.29 is 19.8 Å². The lowest BCUT2D eigenvalue weighted by molar-refractivity contribution is -0.159. The maximum Gasteiger partial charge on any atom is 0.414 e. The van der Waals surface area contributed by atoms with E-state index in [4.69, 9.17) is 19.8 Å². The number of hydrogen-bond acceptors (Lipinski definition) is 4. The number of rotatable bonds is 2. The maximum absolute atomic E-state index is 9.10. The molecule has 0 saturated heterocycles. The van der Waals surface area contributed by atoms with Gasteiger partial charge in [0.2, 0.25) is 0 Å². The maximum atomic E-state index is 9.10. The van der Waals surface area contributed by atoms with Crippen molar-refractivity contribution in [2.45, 2.75) is 6.92 Å². The molecule has 1 heterocycles. The number of carbonyl (C=O) groups is 2. The van der Waals surface area contributed by atoms with Crippen LogP contribution in [-0.2, 0) is 9.59 Å². The molecule has 1 aromatic heterocycles. The minimum Gasteiger partial charge on any atom is -0.473 e. The van der Waals surface area contributed by atoms with Gasteiger partial charge in [0.25, 0.3) is 0 Å². The molecule has 1 aromatic carbocycles. The van der Waals surface area contributed by atoms with Gasteiger partial charge in [-0.2, -0.15) is 0 Å². The molecule has 0 unspecified atom stereocenters. The first-order valence-corrected chi connectivity index (χ1v) is 6.34. The fourth-order valence-corrected chi connectivity index (χ4v) is 1.57. The average Bonchev–Trinajstić information content (AvgIpc) is 2.45. The quantitative estimate of drug-likeness (QED) is 0.499. The third-order valence-corrected chi connectivity index (χ3v) is 2.43. The molecule has 0 radical (unpaired) electrons. The van der Waals surface area contributed by atoms with E-state index < -0.39 is 11.9 Å². The molecule has 7 nitrogen and oxygen atoms in total. The van der Waals surface area contributed by atoms with Crippen LogP contribution in [0.25, 0.3) is 10.9 Å². The molecule has 0 aliphatic rings. The van der Waals surface area contributed by atoms with E-state index in [1.807, 2.05) is 56.3 Å². The summed E-state index contributed by atoms with van der Waals surface area (Å²) in [7, 11) is 3.92. The van der Waals surface area contributed by atoms with Crippen molar-refractivity contribution in [2.75, 3.05) is 14.1 Å². The smallest absolute Gasteiger partial charge is 0.414 e. The lowest BCUT2D eigenvalue weighted by Gasteiger charge is -2.05. The lowest BCUT2D eigenvalue weighted by atomic mass is 10.1. The Labute approximate surface area is 127 Å². The number of aliphatic carboxylic acids is 2. The van der Waals surface area contributed by atoms with Crippen LogP contribution in [0.4, 0.5) is 5.69 Å². The SMILES string of the molecule is Cc1cc(N=CN(C)C)c2ccccc2n1.O=C(O)C(=O)O. The predicted molar refractivity (Wildman–Crippen MR) is 83.6 cm³/mol. The van der Waals surface area contributed by atoms with Gasteiger partial charge in [-0.25, -0.2) is 14.6 Å². The summed E-state index contributed by atoms with van der Waals surface area (Å²) in [5, 5.41) is 15.9. The van der Waals surface area contributed by atoms with Crippen molar-refractivity contribution in [2.24, 2.45) is 4.99 Å². The van der Waals surface area contributed by atoms with Crippen molar-refractivity contribution in [1.29, 1.82) is 0 Å². The summed E-state index contributed by atoms with van der Waals surface area (Å²) in [5.41, 5.74) is 2.95. The molecule has 2 aromatic rings. The van der Waals surface area contributed by atoms with Crippen molar-refractivity contribution >= 4 is 34.9 Å². The van der Waals surface area contributed by atoms with Gasteiger partial charge < -0.3 is 15.1 Å². The van der Waals surface area contributed by atoms with Crippen molar-refractivity contribution in [3.8, 4) is 0 Å². The molecule has 0 atom stereocenters. The van der Waals surface area contributed by atoms with E-state index >= 15 is 0 Å². The highest BCUT2D eigenvalue weighted by molar-refractivity contribution is 6.27. The van der Waals surface area contributed by atoms with Gasteiger partial charge in [-0.1, -0.05) is 18.2 Å². The molecule has 7 heteroatoms. The molecular weight excluding hydrogens is 286 g/mol. The highest BCUT2D eigenvalue weighted by Gasteiger charge is 2.04. The normalized spacial score (nSPS) is 10.1. The molecule has 116 valence electrons. The number of benzene rings is 1. The number of nitrogens with zero attached hydrogens (tertiary/aromatic N) is 3. The van der Waals surface area contributed by atoms with Gasteiger partial charge in [-0.15, -0.1) is 0 Å². The van der Waals surface area contributed by atoms with Crippen LogP contribution in [0.2, 0.25) is 0 Å². The number of aromatic nitrogens is 1. The first-order valence-electron chi connectivity index (χ1n) is 6.34. The largest absolute Gasteiger partial charge is 0.473 e. The molecule has 2 N–H and O–H groups in total. The fourth-order valence-electron chi connectivity index (χ4n) is 1.57. The minimum absolute atomic E-state index is 0.969. The van der Waals surface area contributed by atoms with Crippen LogP contribution in [0.15, 0.2) is 35.3 Å². The van der Waals surface area contributed by atoms with E-state index in [1.54, 1.807) is 6.34 Å². The summed E-state index contributed by atoms with van der Waals surface area (Å²) >= 11 is 0. The van der Waals surface area contributed by atoms with Gasteiger partial charge in [0.1, 0.15) is 0 Å². The van der Waals surface area contributed by atoms with Gasteiger partial charge in [0.05, 0.1) is 17.5 Å². The minimum atomic E-state index is -1.82. The third-order valence-electron chi connectivity index (χ3n) is 2.43. The Morgan fingerprint density at radius 2 is 1.77 bits per heavy atom. The van der Waals surface area contributed by atoms with E-state index in [2.05, 4.69) is 9.98 Å². The molecule has 0 saturated carbocycles. The lowest BCUT2D eigenvalue weighted by Crippen LogP contribution is -2.09. The number of hydrogen-bond donors (Lipinski definition) is 2. The summed E-state index contributed by atoms with van der Waals surface area (Å²) in [6, 6.07) is 10.1. The van der Waals surface area contributed by atoms with E-state index in [1.165, 1.54) is 0 Å². The summed E-state index contributed by atoms with van der Waals surface area (Å²) in [4.78, 5) is 29.1. The summed E-state index contributed by atoms with van der Waals surface area (Å²) < 4.78 is 0. The third kappa shape index (κ3) is 5.20. The van der Waals surface area contributed by atoms with Crippen LogP contribution < -0.4 is 0 Å². The van der Waals surface area contributed by atoms with Gasteiger partial charge in [0, 0.05) is 25.2 Å². The molecule has 0 amide bonds. The first kappa shape index (κ1) is 17.1. The average molecular weight is 303 g/mol. The Balaban J connectivity index is 0.000000346. The second kappa shape index (κ2) is 7.72. The monoisotopic (exact) mass is 303 g/mol. The van der Waals surface area contributed by atoms with Crippen molar-refractivity contribution in [1.82, 2.24) is 9.88 Å². The zero-order valence-corrected chi connectivity index (χ0v) is 12.5. The van der Waals surface area contributed by atoms with E-state index in [9.17, 15) is 0 Å². The number of fused-ring (bicyclic) bond motifs is 1. The number of carboxylic acid groups (broad SMARTS) is 2. The number of para-hydroxylation sites is 1. The highest BCUT2D eigenvalue weighted by Crippen LogP contribution is 2.25. The zero-order valence-electron chi connectivity index (χ0n) is 12.5. The number of aliphatic imine (C=N–C) groups is 1. The Morgan fingerprint density at radius 1 is 1.18 bits per heavy atom. The van der Waals surface area contributed by atoms with Gasteiger partial charge in [-0.05, 0) is 19.1 Å². The van der Waals surface area contributed by atoms with Crippen LogP contribution in [-0.4, -0.2) is 52.5 Å². The van der Waals surface area contributed by atoms with Crippen LogP contribution in [0, 0.1) is 6.92 Å². The Bertz CT molecular complexity index is 699. The van der Waals surface area contributed by atoms with Gasteiger partial charge in [0.15, 0.2) is 0 Å². The second-order valence-corrected chi connectivity index (χ2v) is 4.62. The molecule has 0 aliphatic carbocycles. The van der Waals surface area contributed by atoms with Gasteiger partial charge in [-0.3, -0.25) is 4.98 Å². The first-order chi connectivity index (χ1) is 10.3. The van der Waals surface area contributed by atoms with Crippen molar-refractivity contribution in [3.63, 3.8) is 0 Å². The summed E-state index contributed by atoms with van der Waals surface area (Å²) in [6.07, 6.45) is 1.81. The summed E-state index contributed by atoms with van der Waals surface area (Å²) in [6.45, 7) is 1.99. The summed E-state index contributed by atoms with van der Waals surface area (Å²) in [5.74, 6) is -3.65. The topological polar surface area (TPSA) is 103 Å². The van der Waals surface area contributed by atoms with Crippen molar-refractivity contribution in [3.05, 3.63) is 36.0 Å². The van der Waals surface area contributed by atoms with E-state index in [-0.39, 0.29) is 0 Å². The standard InChI is InChI=1S/C13H15N3.C2H2O4/c1-10-8-13(14-9-16(2)3)11-6-4-5-7-12(11)15-10;3-1(4)2(5)6/h4-9H,1-3H3;(H,3,4)(H,5,6). The fraction of sp³-hybridized carbons (Fsp3) is 0.200. The number of carboxylic acids is 2. The Kier molecular flexibility index (Phi) is 6.00. The van der Waals surface area contributed by atoms with E-state index in [0.29, 0.717) is 0 Å². The molecule has 0 bridgehead atoms. The molecule has 0 aliphatic heterocycles. The number of aryl methyl sites for hydroxylation is 1. The molecule has 0 fully saturated rings. The highest BCUT2D eigenvalue weighted by atomic mass is 16.4. The van der Waals surface area contributed by atoms with Crippen LogP contribution in [0.1, 0.15) is 5.69 Å². The van der Waals surface area contributed by atoms with Crippen LogP contribution in [0.3, 0.4) is 0 Å².